The second-order valence-electron chi connectivity index (χ2n) is 8.00. The number of aryl methyl sites for hydroxylation is 2. The maximum absolute atomic E-state index is 13.0. The highest BCUT2D eigenvalue weighted by Crippen LogP contribution is 2.36. The largest absolute Gasteiger partial charge is 0.489 e. The average molecular weight is 497 g/mol. The van der Waals surface area contributed by atoms with E-state index >= 15 is 0 Å². The van der Waals surface area contributed by atoms with Gasteiger partial charge in [0.15, 0.2) is 0 Å². The number of nitrogens with zero attached hydrogens (tertiary/aromatic N) is 2. The molecule has 0 bridgehead atoms. The first kappa shape index (κ1) is 23.9. The summed E-state index contributed by atoms with van der Waals surface area (Å²) >= 11 is 4.27. The number of thiol groups is 1. The Bertz CT molecular complexity index is 1330. The predicted octanol–water partition coefficient (Wildman–Crippen LogP) is 4.83. The van der Waals surface area contributed by atoms with Crippen molar-refractivity contribution in [3.05, 3.63) is 99.5 Å². The van der Waals surface area contributed by atoms with Gasteiger partial charge >= 0.3 is 5.97 Å². The second-order valence-corrected chi connectivity index (χ2v) is 10.5. The number of para-hydroxylation sites is 1. The zero-order chi connectivity index (χ0) is 24.5. The number of hydrogen-bond donors (Lipinski definition) is 2. The van der Waals surface area contributed by atoms with Crippen molar-refractivity contribution >= 4 is 40.6 Å². The molecule has 1 aliphatic rings. The van der Waals surface area contributed by atoms with Crippen LogP contribution in [0.2, 0.25) is 0 Å². The van der Waals surface area contributed by atoms with Gasteiger partial charge in [-0.15, -0.1) is 0 Å². The number of carbonyl (C=O) groups is 1. The van der Waals surface area contributed by atoms with E-state index in [-0.39, 0.29) is 23.6 Å². The number of carboxylic acids is 1. The van der Waals surface area contributed by atoms with Crippen molar-refractivity contribution in [3.8, 4) is 5.75 Å². The van der Waals surface area contributed by atoms with E-state index in [2.05, 4.69) is 12.8 Å². The van der Waals surface area contributed by atoms with Crippen molar-refractivity contribution in [1.82, 2.24) is 3.82 Å². The van der Waals surface area contributed by atoms with Crippen LogP contribution in [0, 0.1) is 13.8 Å². The second kappa shape index (κ2) is 9.54. The summed E-state index contributed by atoms with van der Waals surface area (Å²) in [6, 6.07) is 19.4. The van der Waals surface area contributed by atoms with Gasteiger partial charge in [-0.1, -0.05) is 59.1 Å². The normalized spacial score (nSPS) is 16.7. The lowest BCUT2D eigenvalue weighted by atomic mass is 10.1. The van der Waals surface area contributed by atoms with Crippen molar-refractivity contribution in [2.24, 2.45) is 0 Å². The first-order valence-corrected chi connectivity index (χ1v) is 12.3. The Hall–Kier alpha value is -3.27. The van der Waals surface area contributed by atoms with Gasteiger partial charge in [-0.05, 0) is 66.4 Å². The van der Waals surface area contributed by atoms with Crippen LogP contribution in [0.15, 0.2) is 71.6 Å². The van der Waals surface area contributed by atoms with Crippen molar-refractivity contribution in [2.45, 2.75) is 20.5 Å². The molecule has 0 spiro atoms. The lowest BCUT2D eigenvalue weighted by molar-refractivity contribution is 0.0697. The Balaban J connectivity index is 1.49. The highest BCUT2D eigenvalue weighted by Gasteiger charge is 2.39. The van der Waals surface area contributed by atoms with Crippen molar-refractivity contribution in [2.75, 3.05) is 11.6 Å². The quantitative estimate of drug-likeness (QED) is 0.475. The molecule has 0 aromatic heterocycles. The molecule has 0 amide bonds. The van der Waals surface area contributed by atoms with E-state index < -0.39 is 16.0 Å². The van der Waals surface area contributed by atoms with Gasteiger partial charge in [0.05, 0.1) is 22.7 Å². The minimum absolute atomic E-state index is 0.183. The van der Waals surface area contributed by atoms with Crippen LogP contribution in [0.3, 0.4) is 0 Å². The third-order valence-corrected chi connectivity index (χ3v) is 7.97. The zero-order valence-electron chi connectivity index (χ0n) is 18.7. The lowest BCUT2D eigenvalue weighted by Gasteiger charge is -2.25. The Morgan fingerprint density at radius 2 is 1.65 bits per heavy atom. The van der Waals surface area contributed by atoms with Crippen LogP contribution in [-0.2, 0) is 16.6 Å². The smallest absolute Gasteiger partial charge is 0.335 e. The van der Waals surface area contributed by atoms with Gasteiger partial charge in [-0.3, -0.25) is 5.01 Å². The van der Waals surface area contributed by atoms with Gasteiger partial charge in [0.1, 0.15) is 12.4 Å². The van der Waals surface area contributed by atoms with Crippen LogP contribution >= 0.6 is 12.8 Å². The number of rotatable bonds is 6. The van der Waals surface area contributed by atoms with Crippen LogP contribution in [0.5, 0.6) is 5.75 Å². The number of anilines is 1. The fourth-order valence-electron chi connectivity index (χ4n) is 3.78. The first-order valence-electron chi connectivity index (χ1n) is 10.5. The molecule has 1 fully saturated rings. The summed E-state index contributed by atoms with van der Waals surface area (Å²) in [6.07, 6.45) is 1.64. The van der Waals surface area contributed by atoms with E-state index in [0.29, 0.717) is 5.75 Å². The molecule has 3 aromatic carbocycles. The number of hydrazine groups is 1. The molecule has 1 heterocycles. The van der Waals surface area contributed by atoms with Crippen LogP contribution in [-0.4, -0.2) is 29.9 Å². The highest BCUT2D eigenvalue weighted by atomic mass is 32.3. The number of carboxylic acid groups (broad SMARTS) is 1. The fourth-order valence-corrected chi connectivity index (χ4v) is 5.42. The summed E-state index contributed by atoms with van der Waals surface area (Å²) in [5, 5.41) is 10.6. The minimum Gasteiger partial charge on any atom is -0.489 e. The van der Waals surface area contributed by atoms with E-state index in [4.69, 9.17) is 9.84 Å². The highest BCUT2D eigenvalue weighted by molar-refractivity contribution is 8.02. The third-order valence-electron chi connectivity index (χ3n) is 5.57. The summed E-state index contributed by atoms with van der Waals surface area (Å²) in [7, 11) is -3.75. The molecule has 4 rings (SSSR count). The van der Waals surface area contributed by atoms with Gasteiger partial charge in [0, 0.05) is 0 Å². The summed E-state index contributed by atoms with van der Waals surface area (Å²) < 4.78 is 32.7. The predicted molar refractivity (Wildman–Crippen MR) is 135 cm³/mol. The Morgan fingerprint density at radius 1 is 1.03 bits per heavy atom. The Labute approximate surface area is 204 Å². The number of hydrogen-bond acceptors (Lipinski definition) is 6. The van der Waals surface area contributed by atoms with Crippen molar-refractivity contribution in [1.29, 1.82) is 0 Å². The Kier molecular flexibility index (Phi) is 6.70. The molecule has 0 aliphatic carbocycles. The summed E-state index contributed by atoms with van der Waals surface area (Å²) in [6.45, 7) is 4.35. The summed E-state index contributed by atoms with van der Waals surface area (Å²) in [4.78, 5) is 11.2. The maximum atomic E-state index is 13.0. The molecule has 176 valence electrons. The molecule has 1 saturated heterocycles. The fraction of sp³-hybridized carbons (Fsp3) is 0.160. The molecule has 0 atom stereocenters. The summed E-state index contributed by atoms with van der Waals surface area (Å²) in [5.74, 6) is -0.355. The van der Waals surface area contributed by atoms with E-state index in [0.717, 1.165) is 31.8 Å². The van der Waals surface area contributed by atoms with Gasteiger partial charge < -0.3 is 9.84 Å². The molecule has 9 heteroatoms. The number of benzene rings is 3. The standard InChI is InChI=1S/C25H24N2O5S2/c1-17-4-3-5-18(2)24(17)26-15-23(34(30,31)27(26)33)14-19-8-12-22(13-9-19)32-16-20-6-10-21(11-7-20)25(28)29/h3-14,33H,15-16H2,1-2H3,(H,28,29)/b23-14-. The molecular weight excluding hydrogens is 472 g/mol. The zero-order valence-corrected chi connectivity index (χ0v) is 20.4. The number of ether oxygens (including phenoxy) is 1. The molecule has 1 aliphatic heterocycles. The Morgan fingerprint density at radius 3 is 2.24 bits per heavy atom. The molecular formula is C25H24N2O5S2. The monoisotopic (exact) mass is 496 g/mol. The minimum atomic E-state index is -3.75. The molecule has 1 N–H and O–H groups in total. The van der Waals surface area contributed by atoms with Crippen molar-refractivity contribution in [3.63, 3.8) is 0 Å². The molecule has 34 heavy (non-hydrogen) atoms. The van der Waals surface area contributed by atoms with E-state index in [1.165, 1.54) is 12.1 Å². The van der Waals surface area contributed by atoms with Crippen LogP contribution in [0.4, 0.5) is 5.69 Å². The van der Waals surface area contributed by atoms with Crippen LogP contribution in [0.25, 0.3) is 6.08 Å². The van der Waals surface area contributed by atoms with E-state index in [9.17, 15) is 13.2 Å². The molecule has 0 unspecified atom stereocenters. The molecule has 0 radical (unpaired) electrons. The van der Waals surface area contributed by atoms with E-state index in [1.54, 1.807) is 47.5 Å². The van der Waals surface area contributed by atoms with Gasteiger partial charge in [-0.2, -0.15) is 0 Å². The maximum Gasteiger partial charge on any atom is 0.335 e. The van der Waals surface area contributed by atoms with Crippen LogP contribution < -0.4 is 9.75 Å². The molecule has 7 nitrogen and oxygen atoms in total. The van der Waals surface area contributed by atoms with Gasteiger partial charge in [0.25, 0.3) is 10.0 Å². The SMILES string of the molecule is Cc1cccc(C)c1N1C/C(=C/c2ccc(OCc3ccc(C(=O)O)cc3)cc2)S(=O)(=O)N1S. The lowest BCUT2D eigenvalue weighted by Crippen LogP contribution is -2.32. The molecule has 0 saturated carbocycles. The first-order chi connectivity index (χ1) is 16.2. The third kappa shape index (κ3) is 4.82. The number of aromatic carboxylic acids is 1. The van der Waals surface area contributed by atoms with E-state index in [1.807, 2.05) is 32.0 Å². The van der Waals surface area contributed by atoms with Gasteiger partial charge in [-0.25, -0.2) is 13.2 Å². The van der Waals surface area contributed by atoms with Crippen molar-refractivity contribution < 1.29 is 23.1 Å². The van der Waals surface area contributed by atoms with Gasteiger partial charge in [0.2, 0.25) is 0 Å². The average Bonchev–Trinajstić information content (AvgIpc) is 3.02. The topological polar surface area (TPSA) is 87.1 Å². The molecule has 3 aromatic rings. The summed E-state index contributed by atoms with van der Waals surface area (Å²) in [5.41, 5.74) is 4.54. The van der Waals surface area contributed by atoms with Crippen LogP contribution in [0.1, 0.15) is 32.6 Å². The number of sulfonamides is 1.